The van der Waals surface area contributed by atoms with Crippen LogP contribution in [0.25, 0.3) is 0 Å². The normalized spacial score (nSPS) is 23.5. The SMILES string of the molecule is C[C@@H](NC1CCN(C)C1=O)c1ccco1. The predicted molar refractivity (Wildman–Crippen MR) is 56.3 cm³/mol. The van der Waals surface area contributed by atoms with Crippen LogP contribution in [0.1, 0.15) is 25.1 Å². The van der Waals surface area contributed by atoms with Gasteiger partial charge in [0.25, 0.3) is 0 Å². The van der Waals surface area contributed by atoms with Gasteiger partial charge in [0, 0.05) is 13.6 Å². The van der Waals surface area contributed by atoms with E-state index in [9.17, 15) is 4.79 Å². The van der Waals surface area contributed by atoms with Crippen LogP contribution in [0.2, 0.25) is 0 Å². The van der Waals surface area contributed by atoms with Crippen molar-refractivity contribution in [2.45, 2.75) is 25.4 Å². The molecule has 1 amide bonds. The highest BCUT2D eigenvalue weighted by atomic mass is 16.3. The van der Waals surface area contributed by atoms with Crippen molar-refractivity contribution in [2.75, 3.05) is 13.6 Å². The third-order valence-electron chi connectivity index (χ3n) is 2.85. The van der Waals surface area contributed by atoms with Gasteiger partial charge >= 0.3 is 0 Å². The fourth-order valence-electron chi connectivity index (χ4n) is 1.90. The van der Waals surface area contributed by atoms with Crippen LogP contribution in [0.15, 0.2) is 22.8 Å². The summed E-state index contributed by atoms with van der Waals surface area (Å²) < 4.78 is 5.28. The number of amides is 1. The summed E-state index contributed by atoms with van der Waals surface area (Å²) in [6, 6.07) is 3.80. The standard InChI is InChI=1S/C11H16N2O2/c1-8(10-4-3-7-15-10)12-9-5-6-13(2)11(9)14/h3-4,7-9,12H,5-6H2,1-2H3/t8-,9?/m1/s1. The first-order valence-corrected chi connectivity index (χ1v) is 5.23. The van der Waals surface area contributed by atoms with Gasteiger partial charge in [-0.3, -0.25) is 10.1 Å². The summed E-state index contributed by atoms with van der Waals surface area (Å²) in [7, 11) is 1.83. The molecular weight excluding hydrogens is 192 g/mol. The summed E-state index contributed by atoms with van der Waals surface area (Å²) in [6.07, 6.45) is 2.52. The number of furan rings is 1. The second kappa shape index (κ2) is 4.06. The second-order valence-electron chi connectivity index (χ2n) is 4.00. The average molecular weight is 208 g/mol. The fraction of sp³-hybridized carbons (Fsp3) is 0.545. The molecule has 0 aliphatic carbocycles. The lowest BCUT2D eigenvalue weighted by atomic mass is 10.2. The molecule has 1 aliphatic rings. The molecule has 1 fully saturated rings. The number of likely N-dealkylation sites (tertiary alicyclic amines) is 1. The Morgan fingerprint density at radius 2 is 2.47 bits per heavy atom. The van der Waals surface area contributed by atoms with E-state index in [-0.39, 0.29) is 18.0 Å². The molecule has 1 saturated heterocycles. The van der Waals surface area contributed by atoms with Crippen molar-refractivity contribution < 1.29 is 9.21 Å². The quantitative estimate of drug-likeness (QED) is 0.810. The molecule has 1 unspecified atom stereocenters. The van der Waals surface area contributed by atoms with E-state index >= 15 is 0 Å². The zero-order valence-electron chi connectivity index (χ0n) is 9.06. The number of carbonyl (C=O) groups excluding carboxylic acids is 1. The van der Waals surface area contributed by atoms with Crippen molar-refractivity contribution in [1.29, 1.82) is 0 Å². The highest BCUT2D eigenvalue weighted by Gasteiger charge is 2.30. The van der Waals surface area contributed by atoms with Gasteiger partial charge in [0.05, 0.1) is 18.3 Å². The Labute approximate surface area is 89.2 Å². The number of hydrogen-bond acceptors (Lipinski definition) is 3. The minimum atomic E-state index is -0.0601. The van der Waals surface area contributed by atoms with Gasteiger partial charge in [-0.05, 0) is 25.5 Å². The summed E-state index contributed by atoms with van der Waals surface area (Å²) in [5.74, 6) is 1.05. The largest absolute Gasteiger partial charge is 0.468 e. The molecule has 0 spiro atoms. The number of hydrogen-bond donors (Lipinski definition) is 1. The summed E-state index contributed by atoms with van der Waals surface area (Å²) >= 11 is 0. The lowest BCUT2D eigenvalue weighted by Gasteiger charge is -2.16. The Morgan fingerprint density at radius 3 is 3.00 bits per heavy atom. The van der Waals surface area contributed by atoms with Crippen molar-refractivity contribution in [2.24, 2.45) is 0 Å². The number of nitrogens with one attached hydrogen (secondary N) is 1. The molecular formula is C11H16N2O2. The van der Waals surface area contributed by atoms with E-state index in [4.69, 9.17) is 4.42 Å². The molecule has 15 heavy (non-hydrogen) atoms. The van der Waals surface area contributed by atoms with E-state index in [2.05, 4.69) is 5.32 Å². The van der Waals surface area contributed by atoms with Crippen LogP contribution in [0.4, 0.5) is 0 Å². The zero-order valence-corrected chi connectivity index (χ0v) is 9.06. The second-order valence-corrected chi connectivity index (χ2v) is 4.00. The number of rotatable bonds is 3. The first kappa shape index (κ1) is 10.2. The van der Waals surface area contributed by atoms with Gasteiger partial charge in [-0.2, -0.15) is 0 Å². The van der Waals surface area contributed by atoms with Crippen LogP contribution in [-0.2, 0) is 4.79 Å². The molecule has 2 rings (SSSR count). The molecule has 82 valence electrons. The topological polar surface area (TPSA) is 45.5 Å². The maximum absolute atomic E-state index is 11.6. The lowest BCUT2D eigenvalue weighted by Crippen LogP contribution is -2.38. The summed E-state index contributed by atoms with van der Waals surface area (Å²) in [4.78, 5) is 13.4. The molecule has 1 aliphatic heterocycles. The summed E-state index contributed by atoms with van der Waals surface area (Å²) in [5, 5.41) is 3.28. The van der Waals surface area contributed by atoms with E-state index in [0.29, 0.717) is 0 Å². The van der Waals surface area contributed by atoms with Crippen LogP contribution in [0, 0.1) is 0 Å². The number of likely N-dealkylation sites (N-methyl/N-ethyl adjacent to an activating group) is 1. The Bertz CT molecular complexity index is 334. The molecule has 0 radical (unpaired) electrons. The minimum absolute atomic E-state index is 0.0601. The van der Waals surface area contributed by atoms with Crippen LogP contribution >= 0.6 is 0 Å². The van der Waals surface area contributed by atoms with E-state index < -0.39 is 0 Å². The zero-order chi connectivity index (χ0) is 10.8. The molecule has 0 saturated carbocycles. The van der Waals surface area contributed by atoms with Crippen molar-refractivity contribution in [3.63, 3.8) is 0 Å². The molecule has 1 N–H and O–H groups in total. The van der Waals surface area contributed by atoms with Crippen molar-refractivity contribution in [3.8, 4) is 0 Å². The lowest BCUT2D eigenvalue weighted by molar-refractivity contribution is -0.128. The molecule has 1 aromatic rings. The Kier molecular flexibility index (Phi) is 2.77. The number of carbonyl (C=O) groups is 1. The highest BCUT2D eigenvalue weighted by Crippen LogP contribution is 2.17. The van der Waals surface area contributed by atoms with Crippen molar-refractivity contribution in [1.82, 2.24) is 10.2 Å². The van der Waals surface area contributed by atoms with Gasteiger partial charge in [0.1, 0.15) is 5.76 Å². The molecule has 2 atom stereocenters. The van der Waals surface area contributed by atoms with E-state index in [0.717, 1.165) is 18.7 Å². The number of nitrogens with zero attached hydrogens (tertiary/aromatic N) is 1. The first-order chi connectivity index (χ1) is 7.18. The molecule has 2 heterocycles. The fourth-order valence-corrected chi connectivity index (χ4v) is 1.90. The monoisotopic (exact) mass is 208 g/mol. The van der Waals surface area contributed by atoms with Crippen LogP contribution in [-0.4, -0.2) is 30.4 Å². The highest BCUT2D eigenvalue weighted by molar-refractivity contribution is 5.83. The van der Waals surface area contributed by atoms with Crippen molar-refractivity contribution in [3.05, 3.63) is 24.2 Å². The van der Waals surface area contributed by atoms with E-state index in [1.165, 1.54) is 0 Å². The summed E-state index contributed by atoms with van der Waals surface area (Å²) in [6.45, 7) is 2.84. The van der Waals surface area contributed by atoms with E-state index in [1.54, 1.807) is 11.2 Å². The van der Waals surface area contributed by atoms with Gasteiger partial charge in [-0.15, -0.1) is 0 Å². The molecule has 1 aromatic heterocycles. The molecule has 0 aromatic carbocycles. The van der Waals surface area contributed by atoms with Crippen LogP contribution in [0.5, 0.6) is 0 Å². The average Bonchev–Trinajstić information content (AvgIpc) is 2.83. The third kappa shape index (κ3) is 2.04. The Balaban J connectivity index is 1.95. The predicted octanol–water partition coefficient (Wildman–Crippen LogP) is 1.16. The van der Waals surface area contributed by atoms with Crippen molar-refractivity contribution >= 4 is 5.91 Å². The van der Waals surface area contributed by atoms with Gasteiger partial charge in [-0.1, -0.05) is 0 Å². The minimum Gasteiger partial charge on any atom is -0.468 e. The van der Waals surface area contributed by atoms with Gasteiger partial charge < -0.3 is 9.32 Å². The molecule has 4 heteroatoms. The van der Waals surface area contributed by atoms with Gasteiger partial charge in [0.2, 0.25) is 5.91 Å². The molecule has 4 nitrogen and oxygen atoms in total. The third-order valence-corrected chi connectivity index (χ3v) is 2.85. The van der Waals surface area contributed by atoms with Gasteiger partial charge in [-0.25, -0.2) is 0 Å². The maximum atomic E-state index is 11.6. The molecule has 0 bridgehead atoms. The maximum Gasteiger partial charge on any atom is 0.239 e. The summed E-state index contributed by atoms with van der Waals surface area (Å²) in [5.41, 5.74) is 0. The van der Waals surface area contributed by atoms with Crippen LogP contribution in [0.3, 0.4) is 0 Å². The first-order valence-electron chi connectivity index (χ1n) is 5.23. The Morgan fingerprint density at radius 1 is 1.67 bits per heavy atom. The van der Waals surface area contributed by atoms with Gasteiger partial charge in [0.15, 0.2) is 0 Å². The smallest absolute Gasteiger partial charge is 0.239 e. The Hall–Kier alpha value is -1.29. The van der Waals surface area contributed by atoms with Crippen LogP contribution < -0.4 is 5.32 Å². The van der Waals surface area contributed by atoms with E-state index in [1.807, 2.05) is 26.1 Å².